The first-order chi connectivity index (χ1) is 7.69. The third-order valence-corrected chi connectivity index (χ3v) is 6.68. The Bertz CT molecular complexity index is 390. The van der Waals surface area contributed by atoms with Crippen LogP contribution in [-0.2, 0) is 9.59 Å². The van der Waals surface area contributed by atoms with Crippen molar-refractivity contribution in [1.82, 2.24) is 10.9 Å². The number of nitrogens with one attached hydrogen (secondary N) is 2. The Morgan fingerprint density at radius 1 is 0.750 bits per heavy atom. The van der Waals surface area contributed by atoms with Crippen molar-refractivity contribution in [2.24, 2.45) is 58.0 Å². The lowest BCUT2D eigenvalue weighted by Crippen LogP contribution is -3.12. The monoisotopic (exact) mass is 220 g/mol. The van der Waals surface area contributed by atoms with E-state index in [4.69, 9.17) is 11.7 Å². The lowest BCUT2D eigenvalue weighted by Gasteiger charge is -3.09. The number of rotatable bonds is 2. The van der Waals surface area contributed by atoms with Gasteiger partial charge in [-0.25, -0.2) is 11.7 Å². The molecule has 0 bridgehead atoms. The molecule has 0 aromatic heterocycles. The normalized spacial score (nSPS) is 68.4. The summed E-state index contributed by atoms with van der Waals surface area (Å²) in [6.45, 7) is 0. The van der Waals surface area contributed by atoms with E-state index < -0.39 is 0 Å². The summed E-state index contributed by atoms with van der Waals surface area (Å²) in [6, 6.07) is 0. The molecule has 0 spiro atoms. The Labute approximate surface area is 91.0 Å². The zero-order chi connectivity index (χ0) is 11.0. The number of hydrogen-bond acceptors (Lipinski definition) is 4. The highest BCUT2D eigenvalue weighted by molar-refractivity contribution is 6.00. The van der Waals surface area contributed by atoms with Crippen molar-refractivity contribution in [2.45, 2.75) is 0 Å². The minimum atomic E-state index is -0.161. The van der Waals surface area contributed by atoms with Gasteiger partial charge in [-0.1, -0.05) is 0 Å². The summed E-state index contributed by atoms with van der Waals surface area (Å²) in [4.78, 5) is 23.6. The summed E-state index contributed by atoms with van der Waals surface area (Å²) < 4.78 is 0. The molecule has 16 heavy (non-hydrogen) atoms. The largest absolute Gasteiger partial charge is 0.294 e. The SMILES string of the molecule is NNC(=O)C12C3C4C1C1C2C3C41C(=O)NN. The van der Waals surface area contributed by atoms with Crippen LogP contribution in [0.25, 0.3) is 0 Å². The van der Waals surface area contributed by atoms with Crippen LogP contribution >= 0.6 is 0 Å². The van der Waals surface area contributed by atoms with Crippen molar-refractivity contribution in [3.8, 4) is 0 Å². The Kier molecular flexibility index (Phi) is 0.846. The van der Waals surface area contributed by atoms with Gasteiger partial charge in [-0.15, -0.1) is 0 Å². The Balaban J connectivity index is 1.54. The minimum Gasteiger partial charge on any atom is -0.294 e. The molecule has 6 aliphatic rings. The molecule has 6 fully saturated rings. The van der Waals surface area contributed by atoms with Crippen LogP contribution in [0.5, 0.6) is 0 Å². The summed E-state index contributed by atoms with van der Waals surface area (Å²) in [5, 5.41) is 0. The Morgan fingerprint density at radius 2 is 1.00 bits per heavy atom. The number of amides is 2. The molecule has 0 radical (unpaired) electrons. The molecule has 0 aliphatic heterocycles. The molecular weight excluding hydrogens is 208 g/mol. The van der Waals surface area contributed by atoms with Gasteiger partial charge in [-0.05, 0) is 35.5 Å². The first kappa shape index (κ1) is 8.03. The fourth-order valence-electron chi connectivity index (χ4n) is 6.69. The standard InChI is InChI=1S/C10H12N4O2/c11-13-7(15)9-1-2-4(9)6-5(9)3(1)10(2,6)8(16)14-12/h1-6H,11-12H2,(H,13,15)(H,14,16). The molecule has 0 atom stereocenters. The van der Waals surface area contributed by atoms with Gasteiger partial charge in [0.1, 0.15) is 0 Å². The summed E-state index contributed by atoms with van der Waals surface area (Å²) in [6.07, 6.45) is 0. The highest BCUT2D eigenvalue weighted by Gasteiger charge is 3.12. The predicted octanol–water partition coefficient (Wildman–Crippen LogP) is -2.30. The zero-order valence-corrected chi connectivity index (χ0v) is 8.44. The molecule has 84 valence electrons. The molecule has 0 heterocycles. The average Bonchev–Trinajstić information content (AvgIpc) is 2.36. The number of carbonyl (C=O) groups excluding carboxylic acids is 2. The fraction of sp³-hybridized carbons (Fsp3) is 0.800. The quantitative estimate of drug-likeness (QED) is 0.238. The van der Waals surface area contributed by atoms with Crippen molar-refractivity contribution in [2.75, 3.05) is 0 Å². The van der Waals surface area contributed by atoms with Gasteiger partial charge in [-0.3, -0.25) is 20.4 Å². The van der Waals surface area contributed by atoms with Crippen molar-refractivity contribution in [3.05, 3.63) is 0 Å². The van der Waals surface area contributed by atoms with E-state index in [0.717, 1.165) is 0 Å². The minimum absolute atomic E-state index is 0.00212. The van der Waals surface area contributed by atoms with Crippen molar-refractivity contribution < 1.29 is 9.59 Å². The van der Waals surface area contributed by atoms with Gasteiger partial charge < -0.3 is 0 Å². The summed E-state index contributed by atoms with van der Waals surface area (Å²) in [5.41, 5.74) is 4.27. The van der Waals surface area contributed by atoms with E-state index in [1.807, 2.05) is 0 Å². The van der Waals surface area contributed by atoms with Gasteiger partial charge in [0.15, 0.2) is 0 Å². The van der Waals surface area contributed by atoms with Crippen molar-refractivity contribution >= 4 is 11.8 Å². The second-order valence-corrected chi connectivity index (χ2v) is 5.97. The van der Waals surface area contributed by atoms with Gasteiger partial charge in [0.2, 0.25) is 11.8 Å². The average molecular weight is 220 g/mol. The molecule has 6 nitrogen and oxygen atoms in total. The number of nitrogens with two attached hydrogens (primary N) is 2. The maximum atomic E-state index is 11.8. The highest BCUT2D eigenvalue weighted by atomic mass is 16.2. The third kappa shape index (κ3) is 0.323. The molecule has 6 rings (SSSR count). The lowest BCUT2D eigenvalue weighted by molar-refractivity contribution is -0.624. The molecule has 0 aromatic rings. The molecule has 6 aliphatic carbocycles. The van der Waals surface area contributed by atoms with E-state index in [-0.39, 0.29) is 22.6 Å². The van der Waals surface area contributed by atoms with E-state index in [1.165, 1.54) is 0 Å². The van der Waals surface area contributed by atoms with Gasteiger partial charge >= 0.3 is 0 Å². The van der Waals surface area contributed by atoms with Crippen LogP contribution in [0.15, 0.2) is 0 Å². The highest BCUT2D eigenvalue weighted by Crippen LogP contribution is 3.10. The predicted molar refractivity (Wildman–Crippen MR) is 50.5 cm³/mol. The third-order valence-electron chi connectivity index (χ3n) is 6.68. The van der Waals surface area contributed by atoms with Crippen LogP contribution in [0.3, 0.4) is 0 Å². The fourth-order valence-corrected chi connectivity index (χ4v) is 6.69. The molecule has 6 heteroatoms. The number of hydrazine groups is 2. The smallest absolute Gasteiger partial charge is 0.241 e. The number of carbonyl (C=O) groups is 2. The maximum Gasteiger partial charge on any atom is 0.241 e. The lowest BCUT2D eigenvalue weighted by atomic mass is 8.92. The van der Waals surface area contributed by atoms with E-state index in [0.29, 0.717) is 35.5 Å². The second kappa shape index (κ2) is 1.69. The molecule has 0 saturated heterocycles. The Hall–Kier alpha value is -1.14. The summed E-state index contributed by atoms with van der Waals surface area (Å²) in [5.74, 6) is 13.0. The first-order valence-corrected chi connectivity index (χ1v) is 5.72. The molecule has 6 N–H and O–H groups in total. The van der Waals surface area contributed by atoms with Crippen LogP contribution in [0.1, 0.15) is 0 Å². The van der Waals surface area contributed by atoms with Gasteiger partial charge in [0.25, 0.3) is 0 Å². The molecule has 2 amide bonds. The maximum absolute atomic E-state index is 11.8. The van der Waals surface area contributed by atoms with Gasteiger partial charge in [0, 0.05) is 0 Å². The van der Waals surface area contributed by atoms with Crippen LogP contribution in [-0.4, -0.2) is 11.8 Å². The summed E-state index contributed by atoms with van der Waals surface area (Å²) in [7, 11) is 0. The van der Waals surface area contributed by atoms with Gasteiger partial charge in [-0.2, -0.15) is 0 Å². The van der Waals surface area contributed by atoms with E-state index >= 15 is 0 Å². The van der Waals surface area contributed by atoms with E-state index in [1.54, 1.807) is 0 Å². The second-order valence-electron chi connectivity index (χ2n) is 5.97. The topological polar surface area (TPSA) is 110 Å². The van der Waals surface area contributed by atoms with Crippen LogP contribution in [0.2, 0.25) is 0 Å². The molecule has 0 aromatic carbocycles. The van der Waals surface area contributed by atoms with Crippen LogP contribution in [0, 0.1) is 46.3 Å². The molecule has 0 unspecified atom stereocenters. The first-order valence-electron chi connectivity index (χ1n) is 5.72. The van der Waals surface area contributed by atoms with Crippen LogP contribution < -0.4 is 22.5 Å². The van der Waals surface area contributed by atoms with Crippen molar-refractivity contribution in [3.63, 3.8) is 0 Å². The van der Waals surface area contributed by atoms with E-state index in [2.05, 4.69) is 10.9 Å². The number of hydrogen-bond donors (Lipinski definition) is 4. The van der Waals surface area contributed by atoms with Crippen molar-refractivity contribution in [1.29, 1.82) is 0 Å². The molecular formula is C10H12N4O2. The zero-order valence-electron chi connectivity index (χ0n) is 8.44. The molecule has 6 saturated carbocycles. The summed E-state index contributed by atoms with van der Waals surface area (Å²) >= 11 is 0. The van der Waals surface area contributed by atoms with Gasteiger partial charge in [0.05, 0.1) is 10.8 Å². The van der Waals surface area contributed by atoms with E-state index in [9.17, 15) is 9.59 Å². The van der Waals surface area contributed by atoms with Crippen LogP contribution in [0.4, 0.5) is 0 Å². The Morgan fingerprint density at radius 3 is 1.19 bits per heavy atom.